The lowest BCUT2D eigenvalue weighted by molar-refractivity contribution is -0.0511. The summed E-state index contributed by atoms with van der Waals surface area (Å²) >= 11 is 0. The zero-order valence-corrected chi connectivity index (χ0v) is 21.8. The predicted molar refractivity (Wildman–Crippen MR) is 140 cm³/mol. The molecule has 2 saturated heterocycles. The highest BCUT2D eigenvalue weighted by molar-refractivity contribution is 5.82. The third kappa shape index (κ3) is 5.53. The fraction of sp³-hybridized carbons (Fsp3) is 0.481. The largest absolute Gasteiger partial charge is 0.415 e. The Morgan fingerprint density at radius 3 is 2.64 bits per heavy atom. The van der Waals surface area contributed by atoms with Gasteiger partial charge in [-0.1, -0.05) is 12.0 Å². The maximum atomic E-state index is 12.6. The van der Waals surface area contributed by atoms with Crippen molar-refractivity contribution >= 4 is 23.1 Å². The SMILES string of the molecule is Cc1ccc(OC(=O)N2CCC(CC#Cc3nc(N)c4ncn([C@@H]5O[C@H](CO)[C@@H](O)[C@H]5O)c4n3)CC2)cc1C. The summed E-state index contributed by atoms with van der Waals surface area (Å²) in [6.45, 7) is 4.74. The van der Waals surface area contributed by atoms with E-state index in [0.29, 0.717) is 42.3 Å². The highest BCUT2D eigenvalue weighted by atomic mass is 16.6. The number of aliphatic hydroxyl groups excluding tert-OH is 3. The van der Waals surface area contributed by atoms with Crippen LogP contribution in [0.1, 0.15) is 42.4 Å². The van der Waals surface area contributed by atoms with Crippen LogP contribution >= 0.6 is 0 Å². The topological polar surface area (TPSA) is 169 Å². The van der Waals surface area contributed by atoms with Crippen LogP contribution in [0.3, 0.4) is 0 Å². The van der Waals surface area contributed by atoms with Gasteiger partial charge in [0, 0.05) is 19.5 Å². The van der Waals surface area contributed by atoms with Crippen molar-refractivity contribution in [3.05, 3.63) is 41.5 Å². The number of hydrogen-bond donors (Lipinski definition) is 4. The maximum Gasteiger partial charge on any atom is 0.415 e. The molecule has 1 amide bonds. The number of imidazole rings is 1. The molecule has 0 radical (unpaired) electrons. The number of likely N-dealkylation sites (tertiary alicyclic amines) is 1. The molecule has 0 spiro atoms. The Kier molecular flexibility index (Phi) is 7.67. The van der Waals surface area contributed by atoms with E-state index in [1.165, 1.54) is 10.9 Å². The third-order valence-corrected chi connectivity index (χ3v) is 7.39. The standard InChI is InChI=1S/C27H32N6O6/c1-15-6-7-18(12-16(15)2)38-27(37)32-10-8-17(9-11-32)4-3-5-20-30-24(28)21-25(31-20)33(14-29-21)26-23(36)22(35)19(13-34)39-26/h6-7,12,14,17,19,22-23,26,34-36H,4,8-11,13H2,1-2H3,(H2,28,30,31)/t19-,22-,23-,26-/m1/s1. The van der Waals surface area contributed by atoms with E-state index in [1.54, 1.807) is 11.0 Å². The van der Waals surface area contributed by atoms with Crippen molar-refractivity contribution in [3.8, 4) is 17.6 Å². The van der Waals surface area contributed by atoms with Crippen LogP contribution in [0.4, 0.5) is 10.6 Å². The van der Waals surface area contributed by atoms with Crippen LogP contribution in [0.2, 0.25) is 0 Å². The van der Waals surface area contributed by atoms with Gasteiger partial charge in [0.2, 0.25) is 5.82 Å². The first-order valence-electron chi connectivity index (χ1n) is 12.9. The summed E-state index contributed by atoms with van der Waals surface area (Å²) in [6.07, 6.45) is -1.20. The van der Waals surface area contributed by atoms with E-state index in [4.69, 9.17) is 15.2 Å². The number of amides is 1. The number of rotatable bonds is 4. The number of fused-ring (bicyclic) bond motifs is 1. The number of aryl methyl sites for hydroxylation is 2. The first-order valence-corrected chi connectivity index (χ1v) is 12.9. The molecule has 12 nitrogen and oxygen atoms in total. The van der Waals surface area contributed by atoms with Crippen LogP contribution in [0.5, 0.6) is 5.75 Å². The van der Waals surface area contributed by atoms with Gasteiger partial charge in [0.1, 0.15) is 29.6 Å². The number of benzene rings is 1. The number of nitrogens with two attached hydrogens (primary N) is 1. The summed E-state index contributed by atoms with van der Waals surface area (Å²) < 4.78 is 12.6. The van der Waals surface area contributed by atoms with E-state index in [0.717, 1.165) is 24.0 Å². The predicted octanol–water partition coefficient (Wildman–Crippen LogP) is 1.29. The van der Waals surface area contributed by atoms with Crippen LogP contribution in [0, 0.1) is 31.6 Å². The first-order chi connectivity index (χ1) is 18.7. The van der Waals surface area contributed by atoms with Gasteiger partial charge in [0.25, 0.3) is 0 Å². The minimum atomic E-state index is -1.28. The van der Waals surface area contributed by atoms with Gasteiger partial charge in [0.05, 0.1) is 12.9 Å². The van der Waals surface area contributed by atoms with Gasteiger partial charge in [-0.3, -0.25) is 4.57 Å². The number of carbonyl (C=O) groups is 1. The molecular formula is C27H32N6O6. The molecule has 4 atom stereocenters. The molecule has 2 aliphatic heterocycles. The quantitative estimate of drug-likeness (QED) is 0.356. The van der Waals surface area contributed by atoms with Crippen molar-refractivity contribution in [2.75, 3.05) is 25.4 Å². The van der Waals surface area contributed by atoms with Gasteiger partial charge in [-0.05, 0) is 61.8 Å². The summed E-state index contributed by atoms with van der Waals surface area (Å²) in [5.41, 5.74) is 8.92. The molecular weight excluding hydrogens is 504 g/mol. The van der Waals surface area contributed by atoms with Crippen molar-refractivity contribution < 1.29 is 29.6 Å². The molecule has 0 saturated carbocycles. The van der Waals surface area contributed by atoms with E-state index in [1.807, 2.05) is 26.0 Å². The zero-order chi connectivity index (χ0) is 27.7. The minimum Gasteiger partial charge on any atom is -0.410 e. The molecule has 0 aliphatic carbocycles. The lowest BCUT2D eigenvalue weighted by Crippen LogP contribution is -2.40. The second-order valence-electron chi connectivity index (χ2n) is 10.0. The second kappa shape index (κ2) is 11.2. The lowest BCUT2D eigenvalue weighted by Gasteiger charge is -2.30. The van der Waals surface area contributed by atoms with Crippen molar-refractivity contribution in [2.45, 2.75) is 57.6 Å². The molecule has 2 aromatic heterocycles. The van der Waals surface area contributed by atoms with Gasteiger partial charge < -0.3 is 35.4 Å². The molecule has 2 aliphatic rings. The second-order valence-corrected chi connectivity index (χ2v) is 10.0. The van der Waals surface area contributed by atoms with Crippen molar-refractivity contribution in [2.24, 2.45) is 5.92 Å². The fourth-order valence-electron chi connectivity index (χ4n) is 4.83. The van der Waals surface area contributed by atoms with Crippen molar-refractivity contribution in [1.82, 2.24) is 24.4 Å². The van der Waals surface area contributed by atoms with Gasteiger partial charge in [0.15, 0.2) is 17.7 Å². The zero-order valence-electron chi connectivity index (χ0n) is 21.8. The molecule has 12 heteroatoms. The van der Waals surface area contributed by atoms with Crippen LogP contribution in [-0.2, 0) is 4.74 Å². The van der Waals surface area contributed by atoms with Crippen LogP contribution in [-0.4, -0.2) is 83.8 Å². The molecule has 4 heterocycles. The number of aliphatic hydroxyl groups is 3. The Bertz CT molecular complexity index is 1420. The number of carbonyl (C=O) groups excluding carboxylic acids is 1. The number of piperidine rings is 1. The van der Waals surface area contributed by atoms with E-state index in [2.05, 4.69) is 26.8 Å². The average Bonchev–Trinajstić information content (AvgIpc) is 3.47. The smallest absolute Gasteiger partial charge is 0.410 e. The fourth-order valence-corrected chi connectivity index (χ4v) is 4.83. The Hall–Kier alpha value is -3.76. The number of ether oxygens (including phenoxy) is 2. The summed E-state index contributed by atoms with van der Waals surface area (Å²) in [4.78, 5) is 27.2. The van der Waals surface area contributed by atoms with Crippen LogP contribution in [0.25, 0.3) is 11.2 Å². The summed E-state index contributed by atoms with van der Waals surface area (Å²) in [6, 6.07) is 5.61. The Labute approximate surface area is 225 Å². The number of aromatic nitrogens is 4. The van der Waals surface area contributed by atoms with Crippen molar-refractivity contribution in [3.63, 3.8) is 0 Å². The van der Waals surface area contributed by atoms with E-state index >= 15 is 0 Å². The molecule has 206 valence electrons. The average molecular weight is 537 g/mol. The number of hydrogen-bond acceptors (Lipinski definition) is 10. The van der Waals surface area contributed by atoms with Gasteiger partial charge in [-0.15, -0.1) is 0 Å². The first kappa shape index (κ1) is 26.8. The molecule has 3 aromatic rings. The molecule has 39 heavy (non-hydrogen) atoms. The number of nitrogen functional groups attached to an aromatic ring is 1. The highest BCUT2D eigenvalue weighted by Crippen LogP contribution is 2.32. The monoisotopic (exact) mass is 536 g/mol. The molecule has 1 aromatic carbocycles. The summed E-state index contributed by atoms with van der Waals surface area (Å²) in [5, 5.41) is 29.9. The van der Waals surface area contributed by atoms with Crippen LogP contribution < -0.4 is 10.5 Å². The molecule has 0 bridgehead atoms. The van der Waals surface area contributed by atoms with Crippen LogP contribution in [0.15, 0.2) is 24.5 Å². The number of anilines is 1. The molecule has 5 rings (SSSR count). The number of nitrogens with zero attached hydrogens (tertiary/aromatic N) is 5. The minimum absolute atomic E-state index is 0.130. The summed E-state index contributed by atoms with van der Waals surface area (Å²) in [7, 11) is 0. The van der Waals surface area contributed by atoms with Crippen molar-refractivity contribution in [1.29, 1.82) is 0 Å². The lowest BCUT2D eigenvalue weighted by atomic mass is 9.94. The van der Waals surface area contributed by atoms with E-state index < -0.39 is 31.1 Å². The Morgan fingerprint density at radius 1 is 1.18 bits per heavy atom. The molecule has 2 fully saturated rings. The normalized spacial score (nSPS) is 23.6. The van der Waals surface area contributed by atoms with E-state index in [9.17, 15) is 20.1 Å². The van der Waals surface area contributed by atoms with Gasteiger partial charge >= 0.3 is 6.09 Å². The van der Waals surface area contributed by atoms with Gasteiger partial charge in [-0.2, -0.15) is 0 Å². The summed E-state index contributed by atoms with van der Waals surface area (Å²) in [5.74, 6) is 7.27. The van der Waals surface area contributed by atoms with Gasteiger partial charge in [-0.25, -0.2) is 19.7 Å². The Balaban J connectivity index is 1.20. The highest BCUT2D eigenvalue weighted by Gasteiger charge is 2.44. The maximum absolute atomic E-state index is 12.6. The molecule has 0 unspecified atom stereocenters. The molecule has 5 N–H and O–H groups in total. The third-order valence-electron chi connectivity index (χ3n) is 7.39. The Morgan fingerprint density at radius 2 is 1.95 bits per heavy atom. The van der Waals surface area contributed by atoms with E-state index in [-0.39, 0.29) is 17.7 Å².